The molecule has 0 unspecified atom stereocenters. The Labute approximate surface area is 212 Å². The zero-order valence-electron chi connectivity index (χ0n) is 22.1. The predicted molar refractivity (Wildman–Crippen MR) is 140 cm³/mol. The molecule has 5 heteroatoms. The second-order valence-corrected chi connectivity index (χ2v) is 10.5. The smallest absolute Gasteiger partial charge is 0.410 e. The number of amides is 1. The lowest BCUT2D eigenvalue weighted by Crippen LogP contribution is -2.68. The van der Waals surface area contributed by atoms with Crippen molar-refractivity contribution in [1.29, 1.82) is 0 Å². The fourth-order valence-corrected chi connectivity index (χ4v) is 5.84. The maximum Gasteiger partial charge on any atom is 0.410 e. The van der Waals surface area contributed by atoms with Crippen LogP contribution in [0.5, 0.6) is 0 Å². The average molecular weight is 486 g/mol. The summed E-state index contributed by atoms with van der Waals surface area (Å²) in [7, 11) is 1.62. The Morgan fingerprint density at radius 1 is 0.857 bits per heavy atom. The van der Waals surface area contributed by atoms with Gasteiger partial charge in [0.1, 0.15) is 12.2 Å². The Balaban J connectivity index is 1.35. The molecule has 3 rings (SSSR count). The van der Waals surface area contributed by atoms with Gasteiger partial charge in [0, 0.05) is 13.5 Å². The Morgan fingerprint density at radius 2 is 1.40 bits per heavy atom. The van der Waals surface area contributed by atoms with E-state index in [1.54, 1.807) is 12.0 Å². The third kappa shape index (κ3) is 7.31. The van der Waals surface area contributed by atoms with Gasteiger partial charge in [0.15, 0.2) is 5.78 Å². The Morgan fingerprint density at radius 3 is 1.91 bits per heavy atom. The molecule has 1 aromatic rings. The zero-order valence-corrected chi connectivity index (χ0v) is 22.1. The van der Waals surface area contributed by atoms with E-state index in [2.05, 4.69) is 6.92 Å². The van der Waals surface area contributed by atoms with Crippen molar-refractivity contribution in [2.24, 2.45) is 0 Å². The maximum absolute atomic E-state index is 12.8. The summed E-state index contributed by atoms with van der Waals surface area (Å²) in [6, 6.07) is 9.54. The van der Waals surface area contributed by atoms with Crippen LogP contribution in [0, 0.1) is 0 Å². The summed E-state index contributed by atoms with van der Waals surface area (Å²) in [5.41, 5.74) is 0.159. The van der Waals surface area contributed by atoms with Gasteiger partial charge >= 0.3 is 6.09 Å². The number of ketones is 1. The minimum atomic E-state index is -0.881. The molecule has 1 saturated heterocycles. The number of Topliss-reactive ketones (excluding diaryl/α,β-unsaturated/α-hetero) is 1. The molecule has 3 atom stereocenters. The minimum Gasteiger partial charge on any atom is -0.447 e. The fourth-order valence-electron chi connectivity index (χ4n) is 5.84. The first-order valence-corrected chi connectivity index (χ1v) is 14.2. The number of rotatable bonds is 18. The summed E-state index contributed by atoms with van der Waals surface area (Å²) < 4.78 is 11.3. The number of hydrogen-bond donors (Lipinski definition) is 0. The number of benzene rings is 1. The van der Waals surface area contributed by atoms with Crippen LogP contribution < -0.4 is 0 Å². The SMILES string of the molecule is CCCCCCCCCCCCCCCC[C@@]1(OC)C(=O)C[C@H]1N1C(=O)OC[C@H]1c1ccccc1. The van der Waals surface area contributed by atoms with Crippen molar-refractivity contribution >= 4 is 11.9 Å². The van der Waals surface area contributed by atoms with Crippen LogP contribution in [-0.4, -0.2) is 42.1 Å². The maximum atomic E-state index is 12.8. The summed E-state index contributed by atoms with van der Waals surface area (Å²) in [4.78, 5) is 27.2. The fraction of sp³-hybridized carbons (Fsp3) is 0.733. The van der Waals surface area contributed by atoms with Crippen LogP contribution in [0.1, 0.15) is 121 Å². The van der Waals surface area contributed by atoms with Crippen LogP contribution in [0.15, 0.2) is 30.3 Å². The van der Waals surface area contributed by atoms with Crippen molar-refractivity contribution in [3.63, 3.8) is 0 Å². The van der Waals surface area contributed by atoms with E-state index in [4.69, 9.17) is 9.47 Å². The molecule has 1 saturated carbocycles. The van der Waals surface area contributed by atoms with Crippen LogP contribution in [-0.2, 0) is 14.3 Å². The van der Waals surface area contributed by atoms with Gasteiger partial charge < -0.3 is 9.47 Å². The molecule has 0 N–H and O–H groups in total. The molecule has 1 aliphatic heterocycles. The quantitative estimate of drug-likeness (QED) is 0.199. The molecule has 196 valence electrons. The van der Waals surface area contributed by atoms with Gasteiger partial charge in [0.05, 0.1) is 12.1 Å². The summed E-state index contributed by atoms with van der Waals surface area (Å²) in [6.45, 7) is 2.60. The van der Waals surface area contributed by atoms with E-state index in [1.165, 1.54) is 77.0 Å². The van der Waals surface area contributed by atoms with Crippen LogP contribution in [0.25, 0.3) is 0 Å². The van der Waals surface area contributed by atoms with Crippen LogP contribution in [0.3, 0.4) is 0 Å². The molecule has 2 aliphatic rings. The van der Waals surface area contributed by atoms with Crippen molar-refractivity contribution in [2.45, 2.75) is 127 Å². The standard InChI is InChI=1S/C30H47NO4/c1-3-4-5-6-7-8-9-10-11-12-13-14-15-19-22-30(34-2)27(23-28(30)32)31-26(24-35-29(31)33)25-20-17-16-18-21-25/h16-18,20-21,26-27H,3-15,19,22-24H2,1-2H3/t26-,27+,30-/m0/s1. The summed E-state index contributed by atoms with van der Waals surface area (Å²) in [5, 5.41) is 0. The summed E-state index contributed by atoms with van der Waals surface area (Å²) >= 11 is 0. The predicted octanol–water partition coefficient (Wildman–Crippen LogP) is 7.78. The average Bonchev–Trinajstić information content (AvgIpc) is 3.25. The van der Waals surface area contributed by atoms with Crippen molar-refractivity contribution < 1.29 is 19.1 Å². The highest BCUT2D eigenvalue weighted by Crippen LogP contribution is 2.45. The first-order chi connectivity index (χ1) is 17.1. The Hall–Kier alpha value is -1.88. The van der Waals surface area contributed by atoms with E-state index in [0.717, 1.165) is 18.4 Å². The molecule has 5 nitrogen and oxygen atoms in total. The van der Waals surface area contributed by atoms with Crippen molar-refractivity contribution in [3.8, 4) is 0 Å². The molecule has 1 aliphatic carbocycles. The highest BCUT2D eigenvalue weighted by Gasteiger charge is 2.61. The van der Waals surface area contributed by atoms with E-state index in [1.807, 2.05) is 30.3 Å². The largest absolute Gasteiger partial charge is 0.447 e. The van der Waals surface area contributed by atoms with Crippen LogP contribution in [0.2, 0.25) is 0 Å². The molecule has 1 aromatic carbocycles. The second kappa shape index (κ2) is 14.6. The molecule has 0 aromatic heterocycles. The molecule has 1 amide bonds. The molecule has 2 fully saturated rings. The molecule has 35 heavy (non-hydrogen) atoms. The first-order valence-electron chi connectivity index (χ1n) is 14.2. The number of cyclic esters (lactones) is 1. The number of nitrogens with zero attached hydrogens (tertiary/aromatic N) is 1. The lowest BCUT2D eigenvalue weighted by Gasteiger charge is -2.51. The van der Waals surface area contributed by atoms with Gasteiger partial charge in [0.2, 0.25) is 0 Å². The number of carbonyl (C=O) groups excluding carboxylic acids is 2. The van der Waals surface area contributed by atoms with Gasteiger partial charge in [-0.3, -0.25) is 9.69 Å². The van der Waals surface area contributed by atoms with Gasteiger partial charge in [-0.2, -0.15) is 0 Å². The summed E-state index contributed by atoms with van der Waals surface area (Å²) in [5.74, 6) is 0.117. The van der Waals surface area contributed by atoms with Crippen LogP contribution in [0.4, 0.5) is 4.79 Å². The minimum absolute atomic E-state index is 0.117. The van der Waals surface area contributed by atoms with Crippen molar-refractivity contribution in [1.82, 2.24) is 4.90 Å². The third-order valence-electron chi connectivity index (χ3n) is 8.09. The Bertz CT molecular complexity index is 767. The van der Waals surface area contributed by atoms with Gasteiger partial charge in [-0.15, -0.1) is 0 Å². The normalized spacial score (nSPS) is 24.0. The van der Waals surface area contributed by atoms with E-state index >= 15 is 0 Å². The molecule has 0 radical (unpaired) electrons. The third-order valence-corrected chi connectivity index (χ3v) is 8.09. The van der Waals surface area contributed by atoms with E-state index in [0.29, 0.717) is 19.4 Å². The number of hydrogen-bond acceptors (Lipinski definition) is 4. The highest BCUT2D eigenvalue weighted by molar-refractivity contribution is 5.96. The number of ether oxygens (including phenoxy) is 2. The van der Waals surface area contributed by atoms with Gasteiger partial charge in [-0.25, -0.2) is 4.79 Å². The molecule has 0 spiro atoms. The number of methoxy groups -OCH3 is 1. The Kier molecular flexibility index (Phi) is 11.6. The lowest BCUT2D eigenvalue weighted by molar-refractivity contribution is -0.173. The number of carbonyl (C=O) groups is 2. The van der Waals surface area contributed by atoms with Gasteiger partial charge in [0.25, 0.3) is 0 Å². The second-order valence-electron chi connectivity index (χ2n) is 10.5. The van der Waals surface area contributed by atoms with Gasteiger partial charge in [-0.1, -0.05) is 127 Å². The molecular weight excluding hydrogens is 438 g/mol. The van der Waals surface area contributed by atoms with E-state index in [9.17, 15) is 9.59 Å². The molecule has 0 bridgehead atoms. The van der Waals surface area contributed by atoms with Gasteiger partial charge in [-0.05, 0) is 12.0 Å². The molecular formula is C30H47NO4. The van der Waals surface area contributed by atoms with E-state index < -0.39 is 5.60 Å². The highest BCUT2D eigenvalue weighted by atomic mass is 16.6. The zero-order chi connectivity index (χ0) is 24.9. The summed E-state index contributed by atoms with van der Waals surface area (Å²) in [6.07, 6.45) is 19.0. The lowest BCUT2D eigenvalue weighted by atomic mass is 9.69. The van der Waals surface area contributed by atoms with Crippen LogP contribution >= 0.6 is 0 Å². The topological polar surface area (TPSA) is 55.8 Å². The van der Waals surface area contributed by atoms with E-state index in [-0.39, 0.29) is 24.0 Å². The first kappa shape index (κ1) is 27.7. The monoisotopic (exact) mass is 485 g/mol. The van der Waals surface area contributed by atoms with Crippen molar-refractivity contribution in [3.05, 3.63) is 35.9 Å². The van der Waals surface area contributed by atoms with Crippen molar-refractivity contribution in [2.75, 3.05) is 13.7 Å². The molecule has 1 heterocycles. The number of unbranched alkanes of at least 4 members (excludes halogenated alkanes) is 13.